The molecule has 2 aromatic rings. The van der Waals surface area contributed by atoms with Crippen molar-refractivity contribution in [3.8, 4) is 0 Å². The van der Waals surface area contributed by atoms with Gasteiger partial charge in [-0.25, -0.2) is 15.0 Å². The fraction of sp³-hybridized carbons (Fsp3) is 0.105. The number of carbonyl (C=O) groups excluding carboxylic acids is 2. The van der Waals surface area contributed by atoms with Crippen molar-refractivity contribution in [1.29, 1.82) is 0 Å². The molecule has 3 rings (SSSR count). The molecule has 0 unspecified atom stereocenters. The van der Waals surface area contributed by atoms with Crippen molar-refractivity contribution < 1.29 is 14.3 Å². The summed E-state index contributed by atoms with van der Waals surface area (Å²) < 4.78 is 5.42. The SMILES string of the molecule is NC(=O)N/N=C(/C=C/c1ccccc1)C[C@H]1OC(=O)c2ccccc21. The van der Waals surface area contributed by atoms with E-state index in [9.17, 15) is 9.59 Å². The molecule has 6 nitrogen and oxygen atoms in total. The first-order valence-electron chi connectivity index (χ1n) is 7.78. The number of benzene rings is 2. The van der Waals surface area contributed by atoms with Crippen LogP contribution in [0.15, 0.2) is 65.8 Å². The number of nitrogens with two attached hydrogens (primary N) is 1. The van der Waals surface area contributed by atoms with Gasteiger partial charge in [0, 0.05) is 12.0 Å². The Bertz CT molecular complexity index is 844. The van der Waals surface area contributed by atoms with Crippen LogP contribution >= 0.6 is 0 Å². The molecule has 0 bridgehead atoms. The number of fused-ring (bicyclic) bond motifs is 1. The number of carbonyl (C=O) groups is 2. The number of nitrogens with one attached hydrogen (secondary N) is 1. The number of amides is 2. The van der Waals surface area contributed by atoms with Gasteiger partial charge in [-0.3, -0.25) is 0 Å². The lowest BCUT2D eigenvalue weighted by Gasteiger charge is -2.10. The van der Waals surface area contributed by atoms with Gasteiger partial charge in [-0.2, -0.15) is 5.10 Å². The number of primary amides is 1. The summed E-state index contributed by atoms with van der Waals surface area (Å²) in [6.07, 6.45) is 3.51. The molecule has 1 atom stereocenters. The van der Waals surface area contributed by atoms with Crippen LogP contribution in [-0.4, -0.2) is 17.7 Å². The first-order valence-corrected chi connectivity index (χ1v) is 7.78. The van der Waals surface area contributed by atoms with Crippen molar-refractivity contribution in [2.75, 3.05) is 0 Å². The summed E-state index contributed by atoms with van der Waals surface area (Å²) in [4.78, 5) is 22.9. The van der Waals surface area contributed by atoms with E-state index >= 15 is 0 Å². The standard InChI is InChI=1S/C19H17N3O3/c20-19(24)22-21-14(11-10-13-6-2-1-3-7-13)12-17-15-8-4-5-9-16(15)18(23)25-17/h1-11,17H,12H2,(H3,20,22,24)/b11-10+,21-14-/t17-/m1/s1. The molecule has 6 heteroatoms. The Labute approximate surface area is 145 Å². The third-order valence-electron chi connectivity index (χ3n) is 3.75. The monoisotopic (exact) mass is 335 g/mol. The third-order valence-corrected chi connectivity index (χ3v) is 3.75. The molecule has 0 saturated carbocycles. The van der Waals surface area contributed by atoms with Gasteiger partial charge >= 0.3 is 12.0 Å². The molecule has 1 heterocycles. The van der Waals surface area contributed by atoms with Gasteiger partial charge in [0.15, 0.2) is 0 Å². The van der Waals surface area contributed by atoms with E-state index in [1.807, 2.05) is 48.5 Å². The molecule has 126 valence electrons. The van der Waals surface area contributed by atoms with Crippen LogP contribution in [0.25, 0.3) is 6.08 Å². The number of rotatable bonds is 5. The van der Waals surface area contributed by atoms with E-state index < -0.39 is 12.1 Å². The molecule has 25 heavy (non-hydrogen) atoms. The molecule has 2 aromatic carbocycles. The highest BCUT2D eigenvalue weighted by Gasteiger charge is 2.31. The van der Waals surface area contributed by atoms with E-state index in [4.69, 9.17) is 10.5 Å². The Kier molecular flexibility index (Phi) is 4.89. The number of nitrogens with zero attached hydrogens (tertiary/aromatic N) is 1. The van der Waals surface area contributed by atoms with Gasteiger partial charge in [0.05, 0.1) is 11.3 Å². The normalized spacial score (nSPS) is 16.6. The lowest BCUT2D eigenvalue weighted by molar-refractivity contribution is 0.0400. The van der Waals surface area contributed by atoms with Crippen LogP contribution in [0, 0.1) is 0 Å². The molecule has 2 amide bonds. The van der Waals surface area contributed by atoms with Crippen LogP contribution in [0.3, 0.4) is 0 Å². The summed E-state index contributed by atoms with van der Waals surface area (Å²) in [5.74, 6) is -0.352. The summed E-state index contributed by atoms with van der Waals surface area (Å²) >= 11 is 0. The number of urea groups is 1. The Morgan fingerprint density at radius 1 is 1.16 bits per heavy atom. The fourth-order valence-corrected chi connectivity index (χ4v) is 2.60. The molecular weight excluding hydrogens is 318 g/mol. The summed E-state index contributed by atoms with van der Waals surface area (Å²) in [7, 11) is 0. The van der Waals surface area contributed by atoms with Crippen molar-refractivity contribution in [2.45, 2.75) is 12.5 Å². The van der Waals surface area contributed by atoms with Crippen molar-refractivity contribution >= 4 is 23.8 Å². The first-order chi connectivity index (χ1) is 12.1. The largest absolute Gasteiger partial charge is 0.453 e. The van der Waals surface area contributed by atoms with Gasteiger partial charge in [-0.1, -0.05) is 54.6 Å². The number of ether oxygens (including phenoxy) is 1. The third kappa shape index (κ3) is 4.11. The second kappa shape index (κ2) is 7.44. The molecule has 0 aromatic heterocycles. The van der Waals surface area contributed by atoms with E-state index in [-0.39, 0.29) is 5.97 Å². The van der Waals surface area contributed by atoms with Crippen molar-refractivity contribution in [3.63, 3.8) is 0 Å². The maximum Gasteiger partial charge on any atom is 0.339 e. The molecule has 0 aliphatic carbocycles. The first kappa shape index (κ1) is 16.4. The Morgan fingerprint density at radius 3 is 2.64 bits per heavy atom. The molecule has 0 saturated heterocycles. The number of hydrogen-bond donors (Lipinski definition) is 2. The second-order valence-corrected chi connectivity index (χ2v) is 5.51. The fourth-order valence-electron chi connectivity index (χ4n) is 2.60. The molecule has 0 spiro atoms. The zero-order chi connectivity index (χ0) is 17.6. The van der Waals surface area contributed by atoms with Crippen molar-refractivity contribution in [1.82, 2.24) is 5.43 Å². The quantitative estimate of drug-likeness (QED) is 0.499. The highest BCUT2D eigenvalue weighted by molar-refractivity contribution is 6.00. The highest BCUT2D eigenvalue weighted by atomic mass is 16.5. The Hall–Kier alpha value is -3.41. The van der Waals surface area contributed by atoms with Crippen LogP contribution in [0.1, 0.15) is 34.0 Å². The zero-order valence-corrected chi connectivity index (χ0v) is 13.4. The lowest BCUT2D eigenvalue weighted by Crippen LogP contribution is -2.25. The van der Waals surface area contributed by atoms with Crippen molar-refractivity contribution in [2.24, 2.45) is 10.8 Å². The number of esters is 1. The number of cyclic esters (lactones) is 1. The zero-order valence-electron chi connectivity index (χ0n) is 13.4. The molecule has 0 fully saturated rings. The van der Waals surface area contributed by atoms with Gasteiger partial charge in [-0.15, -0.1) is 0 Å². The van der Waals surface area contributed by atoms with Crippen LogP contribution in [0.5, 0.6) is 0 Å². The topological polar surface area (TPSA) is 93.8 Å². The maximum atomic E-state index is 11.9. The van der Waals surface area contributed by atoms with Crippen LogP contribution in [0.2, 0.25) is 0 Å². The Morgan fingerprint density at radius 2 is 1.88 bits per heavy atom. The number of hydrazone groups is 1. The van der Waals surface area contributed by atoms with Gasteiger partial charge < -0.3 is 10.5 Å². The minimum absolute atomic E-state index is 0.326. The predicted molar refractivity (Wildman–Crippen MR) is 94.8 cm³/mol. The second-order valence-electron chi connectivity index (χ2n) is 5.51. The van der Waals surface area contributed by atoms with Crippen LogP contribution in [0.4, 0.5) is 4.79 Å². The van der Waals surface area contributed by atoms with Gasteiger partial charge in [0.25, 0.3) is 0 Å². The summed E-state index contributed by atoms with van der Waals surface area (Å²) in [6.45, 7) is 0. The van der Waals surface area contributed by atoms with E-state index in [1.54, 1.807) is 18.2 Å². The summed E-state index contributed by atoms with van der Waals surface area (Å²) in [6, 6.07) is 16.1. The van der Waals surface area contributed by atoms with E-state index in [0.717, 1.165) is 11.1 Å². The molecule has 1 aliphatic heterocycles. The number of allylic oxidation sites excluding steroid dienone is 1. The van der Waals surface area contributed by atoms with Crippen LogP contribution in [-0.2, 0) is 4.74 Å². The molecule has 1 aliphatic rings. The van der Waals surface area contributed by atoms with Crippen molar-refractivity contribution in [3.05, 3.63) is 77.4 Å². The Balaban J connectivity index is 1.81. The average Bonchev–Trinajstić information content (AvgIpc) is 2.94. The average molecular weight is 335 g/mol. The lowest BCUT2D eigenvalue weighted by atomic mass is 10.0. The van der Waals surface area contributed by atoms with Gasteiger partial charge in [0.2, 0.25) is 0 Å². The summed E-state index contributed by atoms with van der Waals surface area (Å²) in [5, 5.41) is 4.01. The van der Waals surface area contributed by atoms with E-state index in [0.29, 0.717) is 17.7 Å². The predicted octanol–water partition coefficient (Wildman–Crippen LogP) is 3.03. The van der Waals surface area contributed by atoms with Gasteiger partial charge in [-0.05, 0) is 17.7 Å². The molecular formula is C19H17N3O3. The molecule has 3 N–H and O–H groups in total. The highest BCUT2D eigenvalue weighted by Crippen LogP contribution is 2.33. The smallest absolute Gasteiger partial charge is 0.339 e. The van der Waals surface area contributed by atoms with E-state index in [1.165, 1.54) is 0 Å². The number of hydrogen-bond acceptors (Lipinski definition) is 4. The van der Waals surface area contributed by atoms with E-state index in [2.05, 4.69) is 10.5 Å². The minimum atomic E-state index is -0.755. The van der Waals surface area contributed by atoms with Crippen LogP contribution < -0.4 is 11.2 Å². The minimum Gasteiger partial charge on any atom is -0.453 e. The maximum absolute atomic E-state index is 11.9. The molecule has 0 radical (unpaired) electrons. The van der Waals surface area contributed by atoms with Gasteiger partial charge in [0.1, 0.15) is 6.10 Å². The summed E-state index contributed by atoms with van der Waals surface area (Å²) in [5.41, 5.74) is 10.2.